The first kappa shape index (κ1) is 15.1. The van der Waals surface area contributed by atoms with Gasteiger partial charge in [0.1, 0.15) is 5.54 Å². The minimum Gasteiger partial charge on any atom is -0.480 e. The summed E-state index contributed by atoms with van der Waals surface area (Å²) in [5.41, 5.74) is -1.05. The molecular formula is C15H26N2O3. The van der Waals surface area contributed by atoms with Crippen molar-refractivity contribution in [1.29, 1.82) is 0 Å². The number of carbonyl (C=O) groups is 2. The van der Waals surface area contributed by atoms with Crippen molar-refractivity contribution in [3.8, 4) is 0 Å². The molecule has 2 atom stereocenters. The number of hydrogen-bond donors (Lipinski definition) is 2. The molecule has 1 saturated heterocycles. The maximum atomic E-state index is 12.5. The molecule has 2 amide bonds. The molecule has 1 aliphatic carbocycles. The number of carbonyl (C=O) groups excluding carboxylic acids is 1. The summed E-state index contributed by atoms with van der Waals surface area (Å²) < 4.78 is 0. The highest BCUT2D eigenvalue weighted by molar-refractivity contribution is 5.86. The number of carboxylic acids is 1. The van der Waals surface area contributed by atoms with Crippen molar-refractivity contribution >= 4 is 12.0 Å². The second-order valence-electron chi connectivity index (χ2n) is 6.43. The fraction of sp³-hybridized carbons (Fsp3) is 0.867. The fourth-order valence-electron chi connectivity index (χ4n) is 3.45. The van der Waals surface area contributed by atoms with Crippen LogP contribution >= 0.6 is 0 Å². The van der Waals surface area contributed by atoms with Gasteiger partial charge < -0.3 is 15.3 Å². The molecule has 2 unspecified atom stereocenters. The Balaban J connectivity index is 2.06. The zero-order chi connectivity index (χ0) is 14.8. The zero-order valence-electron chi connectivity index (χ0n) is 12.5. The minimum absolute atomic E-state index is 0.179. The van der Waals surface area contributed by atoms with Gasteiger partial charge in [-0.1, -0.05) is 26.2 Å². The number of nitrogens with one attached hydrogen (secondary N) is 1. The predicted octanol–water partition coefficient (Wildman–Crippen LogP) is 2.60. The Hall–Kier alpha value is -1.26. The third-order valence-electron chi connectivity index (χ3n) is 5.10. The maximum absolute atomic E-state index is 12.5. The number of aliphatic carboxylic acids is 1. The van der Waals surface area contributed by atoms with Crippen molar-refractivity contribution < 1.29 is 14.7 Å². The number of likely N-dealkylation sites (tertiary alicyclic amines) is 1. The number of carboxylic acid groups (broad SMARTS) is 1. The average molecular weight is 282 g/mol. The fourth-order valence-corrected chi connectivity index (χ4v) is 3.45. The lowest BCUT2D eigenvalue weighted by Crippen LogP contribution is -2.61. The van der Waals surface area contributed by atoms with Crippen LogP contribution in [0.15, 0.2) is 0 Å². The first-order valence-electron chi connectivity index (χ1n) is 7.78. The van der Waals surface area contributed by atoms with Crippen LogP contribution in [0.2, 0.25) is 0 Å². The summed E-state index contributed by atoms with van der Waals surface area (Å²) in [6.45, 7) is 4.93. The molecule has 1 aliphatic heterocycles. The molecule has 2 fully saturated rings. The van der Waals surface area contributed by atoms with Crippen LogP contribution in [-0.4, -0.2) is 40.1 Å². The van der Waals surface area contributed by atoms with Crippen LogP contribution in [0.3, 0.4) is 0 Å². The smallest absolute Gasteiger partial charge is 0.329 e. The summed E-state index contributed by atoms with van der Waals surface area (Å²) in [6.07, 6.45) is 6.03. The molecule has 1 heterocycles. The van der Waals surface area contributed by atoms with Crippen molar-refractivity contribution in [2.24, 2.45) is 5.92 Å². The molecule has 0 aromatic carbocycles. The van der Waals surface area contributed by atoms with Crippen LogP contribution < -0.4 is 5.32 Å². The van der Waals surface area contributed by atoms with Gasteiger partial charge in [0.15, 0.2) is 0 Å². The number of hydrogen-bond acceptors (Lipinski definition) is 2. The Morgan fingerprint density at radius 2 is 1.80 bits per heavy atom. The summed E-state index contributed by atoms with van der Waals surface area (Å²) in [4.78, 5) is 25.9. The van der Waals surface area contributed by atoms with Crippen molar-refractivity contribution in [1.82, 2.24) is 10.2 Å². The van der Waals surface area contributed by atoms with Crippen molar-refractivity contribution in [2.45, 2.75) is 70.4 Å². The summed E-state index contributed by atoms with van der Waals surface area (Å²) in [5, 5.41) is 12.4. The van der Waals surface area contributed by atoms with E-state index in [1.165, 1.54) is 0 Å². The average Bonchev–Trinajstić information content (AvgIpc) is 2.42. The predicted molar refractivity (Wildman–Crippen MR) is 76.5 cm³/mol. The van der Waals surface area contributed by atoms with Crippen LogP contribution in [0.1, 0.15) is 58.8 Å². The molecule has 0 aromatic rings. The van der Waals surface area contributed by atoms with E-state index in [0.29, 0.717) is 18.8 Å². The molecule has 0 spiro atoms. The minimum atomic E-state index is -1.05. The molecule has 0 aromatic heterocycles. The second-order valence-corrected chi connectivity index (χ2v) is 6.43. The Bertz CT molecular complexity index is 377. The van der Waals surface area contributed by atoms with E-state index in [9.17, 15) is 14.7 Å². The van der Waals surface area contributed by atoms with Crippen LogP contribution in [0.25, 0.3) is 0 Å². The lowest BCUT2D eigenvalue weighted by atomic mass is 9.81. The summed E-state index contributed by atoms with van der Waals surface area (Å²) in [5.74, 6) is -0.412. The zero-order valence-corrected chi connectivity index (χ0v) is 12.5. The van der Waals surface area contributed by atoms with Gasteiger partial charge in [-0.25, -0.2) is 9.59 Å². The molecular weight excluding hydrogens is 256 g/mol. The topological polar surface area (TPSA) is 69.6 Å². The Morgan fingerprint density at radius 3 is 2.40 bits per heavy atom. The third kappa shape index (κ3) is 2.91. The largest absolute Gasteiger partial charge is 0.480 e. The summed E-state index contributed by atoms with van der Waals surface area (Å²) in [7, 11) is 0. The van der Waals surface area contributed by atoms with E-state index in [1.54, 1.807) is 0 Å². The monoisotopic (exact) mass is 282 g/mol. The molecule has 2 rings (SSSR count). The molecule has 2 N–H and O–H groups in total. The standard InChI is InChI=1S/C15H26N2O3/c1-11-7-6-10-17(12(11)2)14(20)16-15(13(18)19)8-4-3-5-9-15/h11-12H,3-10H2,1-2H3,(H,16,20)(H,18,19). The van der Waals surface area contributed by atoms with Crippen LogP contribution in [-0.2, 0) is 4.79 Å². The van der Waals surface area contributed by atoms with Gasteiger partial charge in [-0.3, -0.25) is 0 Å². The lowest BCUT2D eigenvalue weighted by Gasteiger charge is -2.41. The number of urea groups is 1. The van der Waals surface area contributed by atoms with Gasteiger partial charge in [0.05, 0.1) is 0 Å². The van der Waals surface area contributed by atoms with Crippen LogP contribution in [0.5, 0.6) is 0 Å². The van der Waals surface area contributed by atoms with E-state index in [1.807, 2.05) is 4.90 Å². The van der Waals surface area contributed by atoms with Gasteiger partial charge in [-0.2, -0.15) is 0 Å². The molecule has 2 aliphatic rings. The van der Waals surface area contributed by atoms with E-state index in [0.717, 1.165) is 38.6 Å². The molecule has 5 heteroatoms. The number of nitrogens with zero attached hydrogens (tertiary/aromatic N) is 1. The van der Waals surface area contributed by atoms with Crippen molar-refractivity contribution in [2.75, 3.05) is 6.54 Å². The van der Waals surface area contributed by atoms with E-state index < -0.39 is 11.5 Å². The molecule has 5 nitrogen and oxygen atoms in total. The Kier molecular flexibility index (Phi) is 4.55. The molecule has 1 saturated carbocycles. The van der Waals surface area contributed by atoms with Gasteiger partial charge in [0.25, 0.3) is 0 Å². The molecule has 0 radical (unpaired) electrons. The van der Waals surface area contributed by atoms with Crippen LogP contribution in [0, 0.1) is 5.92 Å². The molecule has 20 heavy (non-hydrogen) atoms. The van der Waals surface area contributed by atoms with E-state index >= 15 is 0 Å². The van der Waals surface area contributed by atoms with Gasteiger partial charge in [0, 0.05) is 12.6 Å². The highest BCUT2D eigenvalue weighted by Crippen LogP contribution is 2.30. The third-order valence-corrected chi connectivity index (χ3v) is 5.10. The van der Waals surface area contributed by atoms with Gasteiger partial charge in [0.2, 0.25) is 0 Å². The van der Waals surface area contributed by atoms with Crippen molar-refractivity contribution in [3.05, 3.63) is 0 Å². The van der Waals surface area contributed by atoms with Crippen molar-refractivity contribution in [3.63, 3.8) is 0 Å². The van der Waals surface area contributed by atoms with E-state index in [4.69, 9.17) is 0 Å². The van der Waals surface area contributed by atoms with Gasteiger partial charge in [-0.05, 0) is 38.5 Å². The summed E-state index contributed by atoms with van der Waals surface area (Å²) in [6, 6.07) is -0.0217. The highest BCUT2D eigenvalue weighted by atomic mass is 16.4. The molecule has 0 bridgehead atoms. The summed E-state index contributed by atoms with van der Waals surface area (Å²) >= 11 is 0. The normalized spacial score (nSPS) is 29.8. The van der Waals surface area contributed by atoms with E-state index in [2.05, 4.69) is 19.2 Å². The number of amides is 2. The second kappa shape index (κ2) is 6.02. The van der Waals surface area contributed by atoms with Crippen LogP contribution in [0.4, 0.5) is 4.79 Å². The molecule has 114 valence electrons. The van der Waals surface area contributed by atoms with E-state index in [-0.39, 0.29) is 12.1 Å². The Labute approximate surface area is 120 Å². The highest BCUT2D eigenvalue weighted by Gasteiger charge is 2.42. The Morgan fingerprint density at radius 1 is 1.15 bits per heavy atom. The first-order chi connectivity index (χ1) is 9.46. The maximum Gasteiger partial charge on any atom is 0.329 e. The quantitative estimate of drug-likeness (QED) is 0.818. The van der Waals surface area contributed by atoms with Gasteiger partial charge >= 0.3 is 12.0 Å². The first-order valence-corrected chi connectivity index (χ1v) is 7.78. The SMILES string of the molecule is CC1CCCN(C(=O)NC2(C(=O)O)CCCCC2)C1C. The van der Waals surface area contributed by atoms with Gasteiger partial charge in [-0.15, -0.1) is 0 Å². The lowest BCUT2D eigenvalue weighted by molar-refractivity contribution is -0.146. The number of rotatable bonds is 2. The number of piperidine rings is 1.